The van der Waals surface area contributed by atoms with E-state index in [1.807, 2.05) is 11.6 Å². The van der Waals surface area contributed by atoms with Crippen molar-refractivity contribution in [3.63, 3.8) is 0 Å². The number of aryl methyl sites for hydroxylation is 1. The number of ether oxygens (including phenoxy) is 1. The molecular weight excluding hydrogens is 410 g/mol. The monoisotopic (exact) mass is 441 g/mol. The number of H-pyrrole nitrogens is 1. The molecule has 0 aliphatic carbocycles. The van der Waals surface area contributed by atoms with Crippen molar-refractivity contribution in [1.82, 2.24) is 24.7 Å². The number of hydrogen-bond donors (Lipinski definition) is 3. The van der Waals surface area contributed by atoms with Crippen LogP contribution in [0.4, 0.5) is 17.6 Å². The highest BCUT2D eigenvalue weighted by atomic mass is 16.5. The zero-order chi connectivity index (χ0) is 22.5. The van der Waals surface area contributed by atoms with E-state index in [1.165, 1.54) is 12.1 Å². The Balaban J connectivity index is 1.78. The molecular formula is C22H31N7O3. The number of nitrogens with one attached hydrogen (secondary N) is 2. The Kier molecular flexibility index (Phi) is 7.01. The minimum Gasteiger partial charge on any atom is -0.396 e. The Bertz CT molecular complexity index is 1100. The predicted molar refractivity (Wildman–Crippen MR) is 124 cm³/mol. The molecule has 0 bridgehead atoms. The zero-order valence-electron chi connectivity index (χ0n) is 18.7. The molecule has 0 amide bonds. The van der Waals surface area contributed by atoms with Crippen LogP contribution in [0.2, 0.25) is 0 Å². The Labute approximate surface area is 186 Å². The number of aliphatic hydroxyl groups excluding tert-OH is 1. The number of pyridine rings is 1. The number of piperidine rings is 1. The molecule has 0 saturated carbocycles. The van der Waals surface area contributed by atoms with E-state index < -0.39 is 0 Å². The minimum absolute atomic E-state index is 0.0954. The van der Waals surface area contributed by atoms with E-state index in [1.54, 1.807) is 6.20 Å². The lowest BCUT2D eigenvalue weighted by atomic mass is 9.98. The van der Waals surface area contributed by atoms with Gasteiger partial charge in [0, 0.05) is 44.6 Å². The van der Waals surface area contributed by atoms with Crippen molar-refractivity contribution in [3.8, 4) is 0 Å². The molecule has 0 unspecified atom stereocenters. The van der Waals surface area contributed by atoms with Crippen LogP contribution in [0.15, 0.2) is 23.1 Å². The van der Waals surface area contributed by atoms with Crippen molar-refractivity contribution in [2.24, 2.45) is 5.92 Å². The number of rotatable bonds is 9. The van der Waals surface area contributed by atoms with Crippen molar-refractivity contribution in [2.45, 2.75) is 39.7 Å². The van der Waals surface area contributed by atoms with Crippen LogP contribution in [-0.2, 0) is 17.7 Å². The first kappa shape index (κ1) is 22.2. The highest BCUT2D eigenvalue weighted by Crippen LogP contribution is 2.30. The van der Waals surface area contributed by atoms with Gasteiger partial charge in [0.1, 0.15) is 16.9 Å². The van der Waals surface area contributed by atoms with Gasteiger partial charge in [0.25, 0.3) is 0 Å². The molecule has 1 fully saturated rings. The standard InChI is InChI=1S/C22H31N7O3/c1-3-17-19-20(29(27-17)11-12-32-4-2)21(24-18-13-16(31)5-8-23-18)26-22(25-19)28-9-6-15(14-30)7-10-28/h5,8,13,15,30H,3-4,6-7,9-12,14H2,1-2H3,(H2,23,24,25,26,31). The third-order valence-corrected chi connectivity index (χ3v) is 5.81. The van der Waals surface area contributed by atoms with Crippen molar-refractivity contribution < 1.29 is 9.84 Å². The number of fused-ring (bicyclic) bond motifs is 1. The summed E-state index contributed by atoms with van der Waals surface area (Å²) in [6.07, 6.45) is 4.15. The van der Waals surface area contributed by atoms with Gasteiger partial charge in [0.2, 0.25) is 5.95 Å². The summed E-state index contributed by atoms with van der Waals surface area (Å²) in [5, 5.41) is 17.5. The quantitative estimate of drug-likeness (QED) is 0.432. The van der Waals surface area contributed by atoms with Gasteiger partial charge in [-0.15, -0.1) is 0 Å². The van der Waals surface area contributed by atoms with Crippen LogP contribution in [0.3, 0.4) is 0 Å². The maximum Gasteiger partial charge on any atom is 0.228 e. The molecule has 10 nitrogen and oxygen atoms in total. The summed E-state index contributed by atoms with van der Waals surface area (Å²) in [4.78, 5) is 26.8. The molecule has 1 aliphatic heterocycles. The molecule has 0 spiro atoms. The fourth-order valence-corrected chi connectivity index (χ4v) is 4.02. The Morgan fingerprint density at radius 1 is 1.28 bits per heavy atom. The zero-order valence-corrected chi connectivity index (χ0v) is 18.7. The third-order valence-electron chi connectivity index (χ3n) is 5.81. The van der Waals surface area contributed by atoms with Gasteiger partial charge in [-0.2, -0.15) is 10.1 Å². The van der Waals surface area contributed by atoms with Crippen molar-refractivity contribution in [2.75, 3.05) is 43.1 Å². The third kappa shape index (κ3) is 4.76. The van der Waals surface area contributed by atoms with E-state index in [-0.39, 0.29) is 12.0 Å². The van der Waals surface area contributed by atoms with E-state index in [9.17, 15) is 9.90 Å². The van der Waals surface area contributed by atoms with E-state index >= 15 is 0 Å². The molecule has 4 heterocycles. The van der Waals surface area contributed by atoms with Crippen LogP contribution >= 0.6 is 0 Å². The Morgan fingerprint density at radius 2 is 2.09 bits per heavy atom. The lowest BCUT2D eigenvalue weighted by Crippen LogP contribution is -2.36. The second kappa shape index (κ2) is 10.1. The summed E-state index contributed by atoms with van der Waals surface area (Å²) in [5.74, 6) is 2.11. The van der Waals surface area contributed by atoms with Crippen molar-refractivity contribution in [1.29, 1.82) is 0 Å². The molecule has 1 saturated heterocycles. The Hall–Kier alpha value is -2.98. The van der Waals surface area contributed by atoms with Crippen LogP contribution in [-0.4, -0.2) is 62.7 Å². The Morgan fingerprint density at radius 3 is 2.78 bits per heavy atom. The van der Waals surface area contributed by atoms with Crippen LogP contribution < -0.4 is 15.6 Å². The molecule has 3 aromatic heterocycles. The summed E-state index contributed by atoms with van der Waals surface area (Å²) in [7, 11) is 0. The topological polar surface area (TPSA) is 121 Å². The van der Waals surface area contributed by atoms with Gasteiger partial charge in [0.05, 0.1) is 18.8 Å². The average molecular weight is 442 g/mol. The highest BCUT2D eigenvalue weighted by Gasteiger charge is 2.24. The molecule has 0 atom stereocenters. The number of aromatic amines is 1. The van der Waals surface area contributed by atoms with Gasteiger partial charge in [-0.25, -0.2) is 4.98 Å². The molecule has 0 aromatic carbocycles. The van der Waals surface area contributed by atoms with Crippen molar-refractivity contribution >= 4 is 28.6 Å². The van der Waals surface area contributed by atoms with E-state index in [0.717, 1.165) is 49.1 Å². The molecule has 1 aliphatic rings. The minimum atomic E-state index is -0.0954. The first-order valence-corrected chi connectivity index (χ1v) is 11.3. The second-order valence-corrected chi connectivity index (χ2v) is 7.97. The van der Waals surface area contributed by atoms with Gasteiger partial charge < -0.3 is 25.0 Å². The summed E-state index contributed by atoms with van der Waals surface area (Å²) in [6, 6.07) is 2.97. The molecule has 3 aromatic rings. The lowest BCUT2D eigenvalue weighted by molar-refractivity contribution is 0.137. The molecule has 32 heavy (non-hydrogen) atoms. The van der Waals surface area contributed by atoms with Crippen LogP contribution in [0.1, 0.15) is 32.4 Å². The fraction of sp³-hybridized carbons (Fsp3) is 0.545. The molecule has 3 N–H and O–H groups in total. The van der Waals surface area contributed by atoms with E-state index in [4.69, 9.17) is 19.8 Å². The average Bonchev–Trinajstić information content (AvgIpc) is 3.17. The van der Waals surface area contributed by atoms with Gasteiger partial charge in [0.15, 0.2) is 11.2 Å². The number of anilines is 3. The highest BCUT2D eigenvalue weighted by molar-refractivity contribution is 5.90. The number of nitrogens with zero attached hydrogens (tertiary/aromatic N) is 5. The van der Waals surface area contributed by atoms with Gasteiger partial charge in [-0.3, -0.25) is 9.48 Å². The van der Waals surface area contributed by atoms with E-state index in [0.29, 0.717) is 43.3 Å². The fourth-order valence-electron chi connectivity index (χ4n) is 4.02. The number of aromatic nitrogens is 5. The first-order chi connectivity index (χ1) is 15.6. The summed E-state index contributed by atoms with van der Waals surface area (Å²) < 4.78 is 7.43. The van der Waals surface area contributed by atoms with Crippen LogP contribution in [0.25, 0.3) is 11.0 Å². The summed E-state index contributed by atoms with van der Waals surface area (Å²) in [5.41, 5.74) is 2.40. The maximum atomic E-state index is 11.9. The van der Waals surface area contributed by atoms with Gasteiger partial charge in [-0.1, -0.05) is 6.92 Å². The molecule has 4 rings (SSSR count). The number of hydrogen-bond acceptors (Lipinski definition) is 8. The van der Waals surface area contributed by atoms with Crippen molar-refractivity contribution in [3.05, 3.63) is 34.2 Å². The van der Waals surface area contributed by atoms with Crippen LogP contribution in [0, 0.1) is 5.92 Å². The summed E-state index contributed by atoms with van der Waals surface area (Å²) >= 11 is 0. The second-order valence-electron chi connectivity index (χ2n) is 7.97. The molecule has 0 radical (unpaired) electrons. The lowest BCUT2D eigenvalue weighted by Gasteiger charge is -2.31. The maximum absolute atomic E-state index is 11.9. The molecule has 172 valence electrons. The van der Waals surface area contributed by atoms with Gasteiger partial charge in [-0.05, 0) is 32.1 Å². The normalized spacial score (nSPS) is 14.9. The van der Waals surface area contributed by atoms with Crippen LogP contribution in [0.5, 0.6) is 0 Å². The smallest absolute Gasteiger partial charge is 0.228 e. The molecule has 10 heteroatoms. The van der Waals surface area contributed by atoms with E-state index in [2.05, 4.69) is 22.1 Å². The first-order valence-electron chi connectivity index (χ1n) is 11.3. The van der Waals surface area contributed by atoms with Gasteiger partial charge >= 0.3 is 0 Å². The predicted octanol–water partition coefficient (Wildman–Crippen LogP) is 2.07. The number of aliphatic hydroxyl groups is 1. The largest absolute Gasteiger partial charge is 0.396 e. The SMILES string of the molecule is CCOCCn1nc(CC)c2nc(N3CCC(CO)CC3)nc(Nc3cc(=O)cc[nH]3)c21. The summed E-state index contributed by atoms with van der Waals surface area (Å²) in [6.45, 7) is 7.58.